The molecule has 7 heteroatoms. The van der Waals surface area contributed by atoms with Crippen molar-refractivity contribution in [3.05, 3.63) is 86.1 Å². The maximum absolute atomic E-state index is 12.2. The zero-order valence-corrected chi connectivity index (χ0v) is 14.4. The van der Waals surface area contributed by atoms with Gasteiger partial charge in [-0.25, -0.2) is 9.36 Å². The first kappa shape index (κ1) is 17.3. The van der Waals surface area contributed by atoms with E-state index in [1.54, 1.807) is 24.3 Å². The summed E-state index contributed by atoms with van der Waals surface area (Å²) in [5.74, 6) is -0.436. The zero-order chi connectivity index (χ0) is 18.7. The summed E-state index contributed by atoms with van der Waals surface area (Å²) >= 11 is 0. The number of aromatic amines is 1. The van der Waals surface area contributed by atoms with Crippen LogP contribution in [0.2, 0.25) is 0 Å². The van der Waals surface area contributed by atoms with Crippen LogP contribution in [0, 0.1) is 13.8 Å². The van der Waals surface area contributed by atoms with Gasteiger partial charge in [-0.05, 0) is 49.2 Å². The fourth-order valence-electron chi connectivity index (χ4n) is 2.49. The lowest BCUT2D eigenvalue weighted by Gasteiger charge is -2.11. The summed E-state index contributed by atoms with van der Waals surface area (Å²) in [6.07, 6.45) is 0. The number of nitrogens with zero attached hydrogens (tertiary/aromatic N) is 3. The lowest BCUT2D eigenvalue weighted by molar-refractivity contribution is 0.422. The molecule has 0 aliphatic heterocycles. The van der Waals surface area contributed by atoms with Crippen molar-refractivity contribution in [1.82, 2.24) is 9.55 Å². The molecule has 0 atom stereocenters. The van der Waals surface area contributed by atoms with Crippen LogP contribution in [0.5, 0.6) is 5.88 Å². The Kier molecular flexibility index (Phi) is 4.79. The predicted octanol–water partition coefficient (Wildman–Crippen LogP) is 3.13. The monoisotopic (exact) mass is 350 g/mol. The molecule has 3 aromatic rings. The fraction of sp³-hybridized carbons (Fsp3) is 0.158. The lowest BCUT2D eigenvalue weighted by Crippen LogP contribution is -2.31. The third kappa shape index (κ3) is 3.46. The summed E-state index contributed by atoms with van der Waals surface area (Å²) in [6, 6.07) is 14.3. The highest BCUT2D eigenvalue weighted by molar-refractivity contribution is 5.43. The van der Waals surface area contributed by atoms with Gasteiger partial charge in [0.05, 0.1) is 17.9 Å². The summed E-state index contributed by atoms with van der Waals surface area (Å²) in [5, 5.41) is 18.5. The van der Waals surface area contributed by atoms with E-state index in [1.807, 2.05) is 38.1 Å². The SMILES string of the molecule is Cc1ccc(-n2c(O)c(CN=Nc3ccccc3)c(=O)[nH]c2=O)cc1C. The summed E-state index contributed by atoms with van der Waals surface area (Å²) < 4.78 is 1.06. The molecule has 7 nitrogen and oxygen atoms in total. The van der Waals surface area contributed by atoms with Gasteiger partial charge in [0.15, 0.2) is 0 Å². The molecule has 0 aliphatic rings. The number of aromatic hydroxyl groups is 1. The maximum atomic E-state index is 12.2. The second-order valence-corrected chi connectivity index (χ2v) is 5.90. The second kappa shape index (κ2) is 7.18. The van der Waals surface area contributed by atoms with E-state index in [4.69, 9.17) is 0 Å². The second-order valence-electron chi connectivity index (χ2n) is 5.90. The molecule has 2 N–H and O–H groups in total. The minimum Gasteiger partial charge on any atom is -0.494 e. The molecule has 0 saturated heterocycles. The van der Waals surface area contributed by atoms with Gasteiger partial charge in [-0.3, -0.25) is 9.78 Å². The summed E-state index contributed by atoms with van der Waals surface area (Å²) in [4.78, 5) is 26.5. The minimum atomic E-state index is -0.709. The van der Waals surface area contributed by atoms with E-state index in [0.29, 0.717) is 11.4 Å². The molecule has 0 unspecified atom stereocenters. The highest BCUT2D eigenvalue weighted by atomic mass is 16.3. The third-order valence-electron chi connectivity index (χ3n) is 4.10. The molecule has 2 aromatic carbocycles. The van der Waals surface area contributed by atoms with E-state index < -0.39 is 17.1 Å². The van der Waals surface area contributed by atoms with Crippen molar-refractivity contribution >= 4 is 5.69 Å². The Balaban J connectivity index is 2.01. The van der Waals surface area contributed by atoms with Crippen molar-refractivity contribution in [2.75, 3.05) is 0 Å². The van der Waals surface area contributed by atoms with Crippen molar-refractivity contribution in [3.63, 3.8) is 0 Å². The fourth-order valence-corrected chi connectivity index (χ4v) is 2.49. The van der Waals surface area contributed by atoms with E-state index >= 15 is 0 Å². The third-order valence-corrected chi connectivity index (χ3v) is 4.10. The number of aromatic nitrogens is 2. The lowest BCUT2D eigenvalue weighted by atomic mass is 10.1. The van der Waals surface area contributed by atoms with Gasteiger partial charge in [0, 0.05) is 0 Å². The molecule has 0 saturated carbocycles. The Morgan fingerprint density at radius 3 is 2.46 bits per heavy atom. The van der Waals surface area contributed by atoms with Crippen molar-refractivity contribution in [1.29, 1.82) is 0 Å². The van der Waals surface area contributed by atoms with Crippen LogP contribution in [0.25, 0.3) is 5.69 Å². The number of azo groups is 1. The molecule has 132 valence electrons. The molecule has 0 spiro atoms. The predicted molar refractivity (Wildman–Crippen MR) is 98.5 cm³/mol. The first-order valence-corrected chi connectivity index (χ1v) is 8.04. The number of H-pyrrole nitrogens is 1. The quantitative estimate of drug-likeness (QED) is 0.707. The zero-order valence-electron chi connectivity index (χ0n) is 14.4. The van der Waals surface area contributed by atoms with E-state index in [1.165, 1.54) is 0 Å². The van der Waals surface area contributed by atoms with E-state index in [-0.39, 0.29) is 12.1 Å². The van der Waals surface area contributed by atoms with Crippen LogP contribution in [-0.2, 0) is 6.54 Å². The molecule has 1 heterocycles. The molecule has 0 radical (unpaired) electrons. The Labute approximate surface area is 149 Å². The first-order chi connectivity index (χ1) is 12.5. The Bertz CT molecular complexity index is 1080. The number of rotatable bonds is 4. The number of hydrogen-bond acceptors (Lipinski definition) is 5. The summed E-state index contributed by atoms with van der Waals surface area (Å²) in [5.41, 5.74) is 1.70. The van der Waals surface area contributed by atoms with E-state index in [0.717, 1.165) is 15.7 Å². The maximum Gasteiger partial charge on any atom is 0.335 e. The summed E-state index contributed by atoms with van der Waals surface area (Å²) in [7, 11) is 0. The normalized spacial score (nSPS) is 11.2. The average Bonchev–Trinajstić information content (AvgIpc) is 2.61. The molecule has 1 aromatic heterocycles. The number of nitrogens with one attached hydrogen (secondary N) is 1. The molecule has 3 rings (SSSR count). The molecular formula is C19H18N4O3. The Morgan fingerprint density at radius 2 is 1.77 bits per heavy atom. The van der Waals surface area contributed by atoms with Crippen LogP contribution in [0.15, 0.2) is 68.3 Å². The van der Waals surface area contributed by atoms with Crippen molar-refractivity contribution in [2.45, 2.75) is 20.4 Å². The molecule has 0 aliphatic carbocycles. The Morgan fingerprint density at radius 1 is 1.04 bits per heavy atom. The van der Waals surface area contributed by atoms with Gasteiger partial charge in [-0.2, -0.15) is 10.2 Å². The van der Waals surface area contributed by atoms with E-state index in [2.05, 4.69) is 15.2 Å². The van der Waals surface area contributed by atoms with Gasteiger partial charge in [-0.1, -0.05) is 24.3 Å². The molecule has 0 bridgehead atoms. The average molecular weight is 350 g/mol. The minimum absolute atomic E-state index is 0.0255. The van der Waals surface area contributed by atoms with Gasteiger partial charge >= 0.3 is 5.69 Å². The van der Waals surface area contributed by atoms with Crippen LogP contribution in [0.4, 0.5) is 5.69 Å². The number of aryl methyl sites for hydroxylation is 2. The van der Waals surface area contributed by atoms with Gasteiger partial charge in [0.1, 0.15) is 5.56 Å². The Hall–Kier alpha value is -3.48. The standard InChI is InChI=1S/C19H18N4O3/c1-12-8-9-15(10-13(12)2)23-18(25)16(17(24)21-19(23)26)11-20-22-14-6-4-3-5-7-14/h3-10,25H,11H2,1-2H3,(H,21,24,26). The van der Waals surface area contributed by atoms with Crippen LogP contribution < -0.4 is 11.2 Å². The number of benzene rings is 2. The van der Waals surface area contributed by atoms with Crippen molar-refractivity contribution in [2.24, 2.45) is 10.2 Å². The van der Waals surface area contributed by atoms with Gasteiger partial charge < -0.3 is 5.11 Å². The van der Waals surface area contributed by atoms with E-state index in [9.17, 15) is 14.7 Å². The largest absolute Gasteiger partial charge is 0.494 e. The van der Waals surface area contributed by atoms with Crippen LogP contribution >= 0.6 is 0 Å². The van der Waals surface area contributed by atoms with Gasteiger partial charge in [0.25, 0.3) is 5.56 Å². The molecule has 26 heavy (non-hydrogen) atoms. The topological polar surface area (TPSA) is 99.8 Å². The molecular weight excluding hydrogens is 332 g/mol. The highest BCUT2D eigenvalue weighted by Crippen LogP contribution is 2.20. The van der Waals surface area contributed by atoms with Crippen LogP contribution in [-0.4, -0.2) is 14.7 Å². The summed E-state index contributed by atoms with van der Waals surface area (Å²) in [6.45, 7) is 3.70. The van der Waals surface area contributed by atoms with Crippen molar-refractivity contribution < 1.29 is 5.11 Å². The van der Waals surface area contributed by atoms with Gasteiger partial charge in [0.2, 0.25) is 5.88 Å². The van der Waals surface area contributed by atoms with Crippen molar-refractivity contribution in [3.8, 4) is 11.6 Å². The highest BCUT2D eigenvalue weighted by Gasteiger charge is 2.15. The van der Waals surface area contributed by atoms with Gasteiger partial charge in [-0.15, -0.1) is 0 Å². The molecule has 0 fully saturated rings. The van der Waals surface area contributed by atoms with Crippen LogP contribution in [0.3, 0.4) is 0 Å². The van der Waals surface area contributed by atoms with Crippen LogP contribution in [0.1, 0.15) is 16.7 Å². The number of hydrogen-bond donors (Lipinski definition) is 2. The first-order valence-electron chi connectivity index (χ1n) is 8.04. The smallest absolute Gasteiger partial charge is 0.335 e. The molecule has 0 amide bonds.